The fourth-order valence-electron chi connectivity index (χ4n) is 5.32. The molecule has 2 aliphatic rings. The summed E-state index contributed by atoms with van der Waals surface area (Å²) in [4.78, 5) is 0. The van der Waals surface area contributed by atoms with Crippen LogP contribution >= 0.6 is 0 Å². The van der Waals surface area contributed by atoms with Gasteiger partial charge in [-0.1, -0.05) is 114 Å². The predicted octanol–water partition coefficient (Wildman–Crippen LogP) is 6.28. The third-order valence-electron chi connectivity index (χ3n) is 6.69. The number of benzene rings is 3. The standard InChI is InChI=1S/C32H28Si/c1-3-13-25-21-22-29(23-25)33(27-15-7-5-8-16-27,28-17-9-6-10-18-28)32-24-26(14-4-2)30-19-11-12-20-31(30)32/h3-12,15-24H,1-2,13-14H2. The molecule has 0 bridgehead atoms. The van der Waals surface area contributed by atoms with Crippen LogP contribution in [0.1, 0.15) is 24.0 Å². The fraction of sp³-hybridized carbons (Fsp3) is 0.0625. The number of allylic oxidation sites excluding steroid dienone is 4. The van der Waals surface area contributed by atoms with Gasteiger partial charge in [0.25, 0.3) is 0 Å². The normalized spacial score (nSPS) is 17.0. The highest BCUT2D eigenvalue weighted by Gasteiger charge is 2.54. The largest absolute Gasteiger partial charge is 0.139 e. The zero-order valence-electron chi connectivity index (χ0n) is 18.9. The van der Waals surface area contributed by atoms with Gasteiger partial charge in [-0.25, -0.2) is 0 Å². The maximum absolute atomic E-state index is 4.03. The van der Waals surface area contributed by atoms with Crippen LogP contribution in [-0.2, 0) is 0 Å². The Hall–Kier alpha value is -2.90. The molecule has 0 aromatic heterocycles. The molecule has 160 valence electrons. The van der Waals surface area contributed by atoms with Gasteiger partial charge in [0, 0.05) is 5.54 Å². The minimum absolute atomic E-state index is 0.872. The van der Waals surface area contributed by atoms with Crippen molar-refractivity contribution in [2.45, 2.75) is 12.8 Å². The van der Waals surface area contributed by atoms with E-state index in [1.54, 1.807) is 0 Å². The third kappa shape index (κ3) is 3.79. The first-order chi connectivity index (χ1) is 16.3. The number of fused-ring (bicyclic) bond motifs is 1. The van der Waals surface area contributed by atoms with Crippen LogP contribution in [0.25, 0.3) is 5.57 Å². The zero-order valence-corrected chi connectivity index (χ0v) is 19.9. The summed E-state index contributed by atoms with van der Waals surface area (Å²) in [6.07, 6.45) is 15.3. The minimum atomic E-state index is -2.55. The molecule has 1 heteroatoms. The van der Waals surface area contributed by atoms with E-state index >= 15 is 0 Å². The first kappa shape index (κ1) is 21.9. The topological polar surface area (TPSA) is 0 Å². The Balaban J connectivity index is 1.78. The van der Waals surface area contributed by atoms with Crippen molar-refractivity contribution in [2.24, 2.45) is 0 Å². The molecule has 0 nitrogen and oxygen atoms in total. The van der Waals surface area contributed by atoms with Crippen LogP contribution < -0.4 is 10.4 Å². The lowest BCUT2D eigenvalue weighted by atomic mass is 10.0. The van der Waals surface area contributed by atoms with E-state index in [1.807, 2.05) is 12.2 Å². The Labute approximate surface area is 200 Å². The van der Waals surface area contributed by atoms with E-state index in [4.69, 9.17) is 0 Å². The molecule has 3 aromatic carbocycles. The van der Waals surface area contributed by atoms with Crippen molar-refractivity contribution in [1.29, 1.82) is 0 Å². The van der Waals surface area contributed by atoms with Crippen LogP contribution in [-0.4, -0.2) is 8.07 Å². The van der Waals surface area contributed by atoms with Crippen LogP contribution in [0.5, 0.6) is 0 Å². The van der Waals surface area contributed by atoms with E-state index in [9.17, 15) is 0 Å². The first-order valence-electron chi connectivity index (χ1n) is 11.6. The number of hydrogen-bond donors (Lipinski definition) is 0. The predicted molar refractivity (Wildman–Crippen MR) is 144 cm³/mol. The highest BCUT2D eigenvalue weighted by molar-refractivity contribution is 7.11. The lowest BCUT2D eigenvalue weighted by molar-refractivity contribution is 1.09. The van der Waals surface area contributed by atoms with E-state index in [1.165, 1.54) is 44.1 Å². The quantitative estimate of drug-likeness (QED) is 0.286. The lowest BCUT2D eigenvalue weighted by Gasteiger charge is -2.42. The highest BCUT2D eigenvalue weighted by Crippen LogP contribution is 2.49. The average molecular weight is 441 g/mol. The van der Waals surface area contributed by atoms with Crippen molar-refractivity contribution >= 4 is 24.0 Å². The molecular weight excluding hydrogens is 412 g/mol. The molecule has 0 N–H and O–H groups in total. The molecule has 0 unspecified atom stereocenters. The van der Waals surface area contributed by atoms with Gasteiger partial charge in [-0.05, 0) is 60.3 Å². The second-order valence-corrected chi connectivity index (χ2v) is 12.4. The van der Waals surface area contributed by atoms with Gasteiger partial charge in [-0.2, -0.15) is 0 Å². The summed E-state index contributed by atoms with van der Waals surface area (Å²) >= 11 is 0. The summed E-state index contributed by atoms with van der Waals surface area (Å²) in [5, 5.41) is 2.82. The lowest BCUT2D eigenvalue weighted by Crippen LogP contribution is -2.66. The van der Waals surface area contributed by atoms with E-state index in [-0.39, 0.29) is 0 Å². The van der Waals surface area contributed by atoms with Gasteiger partial charge < -0.3 is 0 Å². The number of rotatable bonds is 8. The van der Waals surface area contributed by atoms with Crippen molar-refractivity contribution in [3.05, 3.63) is 164 Å². The summed E-state index contributed by atoms with van der Waals surface area (Å²) in [5.41, 5.74) is 6.95. The maximum atomic E-state index is 4.03. The third-order valence-corrected chi connectivity index (χ3v) is 11.5. The van der Waals surface area contributed by atoms with E-state index in [0.717, 1.165) is 12.8 Å². The Morgan fingerprint density at radius 2 is 1.21 bits per heavy atom. The molecule has 3 aromatic rings. The molecule has 0 heterocycles. The molecule has 6 radical (unpaired) electrons. The molecule has 0 amide bonds. The Kier molecular flexibility index (Phi) is 6.33. The monoisotopic (exact) mass is 440 g/mol. The van der Waals surface area contributed by atoms with Crippen molar-refractivity contribution < 1.29 is 0 Å². The van der Waals surface area contributed by atoms with Crippen molar-refractivity contribution in [2.75, 3.05) is 0 Å². The van der Waals surface area contributed by atoms with Gasteiger partial charge in [0.15, 0.2) is 0 Å². The Bertz CT molecular complexity index is 1100. The first-order valence-corrected chi connectivity index (χ1v) is 13.6. The summed E-state index contributed by atoms with van der Waals surface area (Å²) in [6.45, 7) is 8.00. The molecule has 33 heavy (non-hydrogen) atoms. The van der Waals surface area contributed by atoms with Crippen molar-refractivity contribution in [1.82, 2.24) is 0 Å². The van der Waals surface area contributed by atoms with E-state index in [0.29, 0.717) is 0 Å². The van der Waals surface area contributed by atoms with E-state index in [2.05, 4.69) is 123 Å². The van der Waals surface area contributed by atoms with Crippen LogP contribution in [0.3, 0.4) is 0 Å². The summed E-state index contributed by atoms with van der Waals surface area (Å²) < 4.78 is 0. The molecule has 5 rings (SSSR count). The van der Waals surface area contributed by atoms with Crippen molar-refractivity contribution in [3.8, 4) is 0 Å². The highest BCUT2D eigenvalue weighted by atomic mass is 28.3. The second kappa shape index (κ2) is 9.53. The zero-order chi connectivity index (χ0) is 22.7. The summed E-state index contributed by atoms with van der Waals surface area (Å²) in [6, 6.07) is 31.2. The van der Waals surface area contributed by atoms with E-state index < -0.39 is 8.07 Å². The molecule has 0 atom stereocenters. The minimum Gasteiger partial charge on any atom is -0.103 e. The molecule has 0 saturated heterocycles. The van der Waals surface area contributed by atoms with Crippen LogP contribution in [0.2, 0.25) is 0 Å². The fourth-order valence-corrected chi connectivity index (χ4v) is 10.4. The molecular formula is C32H28Si. The molecule has 0 spiro atoms. The smallest absolute Gasteiger partial charge is 0.103 e. The van der Waals surface area contributed by atoms with Gasteiger partial charge in [0.05, 0.1) is 0 Å². The van der Waals surface area contributed by atoms with Crippen LogP contribution in [0.4, 0.5) is 0 Å². The van der Waals surface area contributed by atoms with Gasteiger partial charge in [0.2, 0.25) is 0 Å². The Morgan fingerprint density at radius 1 is 0.636 bits per heavy atom. The Morgan fingerprint density at radius 3 is 1.82 bits per heavy atom. The second-order valence-electron chi connectivity index (χ2n) is 8.60. The average Bonchev–Trinajstić information content (AvgIpc) is 3.48. The van der Waals surface area contributed by atoms with Crippen LogP contribution in [0, 0.1) is 36.3 Å². The summed E-state index contributed by atoms with van der Waals surface area (Å²) in [5.74, 6) is 1.32. The molecule has 1 saturated carbocycles. The van der Waals surface area contributed by atoms with Crippen molar-refractivity contribution in [3.63, 3.8) is 0 Å². The molecule has 0 aliphatic heterocycles. The van der Waals surface area contributed by atoms with Gasteiger partial charge >= 0.3 is 0 Å². The maximum Gasteiger partial charge on any atom is 0.139 e. The molecule has 2 aliphatic carbocycles. The summed E-state index contributed by atoms with van der Waals surface area (Å²) in [7, 11) is -2.55. The van der Waals surface area contributed by atoms with Gasteiger partial charge in [-0.3, -0.25) is 0 Å². The van der Waals surface area contributed by atoms with Gasteiger partial charge in [-0.15, -0.1) is 13.2 Å². The van der Waals surface area contributed by atoms with Gasteiger partial charge in [0.1, 0.15) is 8.07 Å². The number of hydrogen-bond acceptors (Lipinski definition) is 0. The SMILES string of the molecule is C=CC[C]1[CH][CH][C]([Si]([C]2C=C(CC=C)c3ccccc32)(c2ccccc2)c2ccccc2)[CH]1. The van der Waals surface area contributed by atoms with Crippen LogP contribution in [0.15, 0.2) is 116 Å². The molecule has 1 fully saturated rings.